The Balaban J connectivity index is 2.34. The maximum Gasteiger partial charge on any atom is 0.418 e. The number of benzene rings is 1. The molecular weight excluding hydrogens is 264 g/mol. The van der Waals surface area contributed by atoms with E-state index in [0.29, 0.717) is 19.0 Å². The molecule has 2 heterocycles. The van der Waals surface area contributed by atoms with Crippen molar-refractivity contribution in [2.45, 2.75) is 12.6 Å². The lowest BCUT2D eigenvalue weighted by Gasteiger charge is -2.16. The van der Waals surface area contributed by atoms with E-state index in [4.69, 9.17) is 0 Å². The summed E-state index contributed by atoms with van der Waals surface area (Å²) >= 11 is 0. The Bertz CT molecular complexity index is 619. The van der Waals surface area contributed by atoms with Crippen molar-refractivity contribution in [3.8, 4) is 5.69 Å². The van der Waals surface area contributed by atoms with Gasteiger partial charge in [-0.2, -0.15) is 28.2 Å². The molecule has 0 fully saturated rings. The maximum atomic E-state index is 13.7. The molecule has 3 rings (SSSR count). The summed E-state index contributed by atoms with van der Waals surface area (Å²) in [5, 5.41) is 10.2. The summed E-state index contributed by atoms with van der Waals surface area (Å²) in [5.41, 5.74) is -0.925. The van der Waals surface area contributed by atoms with Crippen LogP contribution in [0.15, 0.2) is 18.5 Å². The molecular formula is C11H8F4N4. The van der Waals surface area contributed by atoms with Crippen LogP contribution in [0.5, 0.6) is 0 Å². The number of anilines is 1. The summed E-state index contributed by atoms with van der Waals surface area (Å²) in [7, 11) is 0. The van der Waals surface area contributed by atoms with Crippen LogP contribution in [0, 0.1) is 5.82 Å². The van der Waals surface area contributed by atoms with Gasteiger partial charge in [-0.1, -0.05) is 0 Å². The Morgan fingerprint density at radius 2 is 1.89 bits per heavy atom. The van der Waals surface area contributed by atoms with E-state index in [1.807, 2.05) is 0 Å². The molecule has 0 saturated heterocycles. The van der Waals surface area contributed by atoms with Gasteiger partial charge in [-0.25, -0.2) is 4.39 Å². The zero-order valence-corrected chi connectivity index (χ0v) is 9.50. The van der Waals surface area contributed by atoms with E-state index in [0.717, 1.165) is 4.80 Å². The van der Waals surface area contributed by atoms with Crippen molar-refractivity contribution in [1.82, 2.24) is 15.0 Å². The summed E-state index contributed by atoms with van der Waals surface area (Å²) in [6.45, 7) is 0.391. The third-order valence-electron chi connectivity index (χ3n) is 2.95. The highest BCUT2D eigenvalue weighted by Crippen LogP contribution is 2.40. The van der Waals surface area contributed by atoms with Crippen molar-refractivity contribution in [3.05, 3.63) is 35.4 Å². The first-order chi connectivity index (χ1) is 8.98. The predicted octanol–water partition coefficient (Wildman–Crippen LogP) is 2.39. The number of nitrogens with one attached hydrogen (secondary N) is 1. The molecule has 1 aromatic carbocycles. The van der Waals surface area contributed by atoms with E-state index >= 15 is 0 Å². The fourth-order valence-electron chi connectivity index (χ4n) is 2.22. The molecule has 100 valence electrons. The quantitative estimate of drug-likeness (QED) is 0.810. The van der Waals surface area contributed by atoms with Gasteiger partial charge in [-0.05, 0) is 12.5 Å². The largest absolute Gasteiger partial charge is 0.418 e. The molecule has 19 heavy (non-hydrogen) atoms. The topological polar surface area (TPSA) is 42.7 Å². The minimum atomic E-state index is -4.67. The zero-order valence-electron chi connectivity index (χ0n) is 9.50. The monoisotopic (exact) mass is 272 g/mol. The molecule has 0 saturated carbocycles. The van der Waals surface area contributed by atoms with Gasteiger partial charge in [-0.15, -0.1) is 0 Å². The first-order valence-electron chi connectivity index (χ1n) is 5.51. The van der Waals surface area contributed by atoms with Crippen molar-refractivity contribution in [1.29, 1.82) is 0 Å². The minimum Gasteiger partial charge on any atom is -0.382 e. The molecule has 0 radical (unpaired) electrons. The van der Waals surface area contributed by atoms with E-state index in [-0.39, 0.29) is 16.9 Å². The van der Waals surface area contributed by atoms with Crippen molar-refractivity contribution >= 4 is 5.69 Å². The fourth-order valence-corrected chi connectivity index (χ4v) is 2.22. The summed E-state index contributed by atoms with van der Waals surface area (Å²) in [4.78, 5) is 0.883. The van der Waals surface area contributed by atoms with Crippen molar-refractivity contribution < 1.29 is 17.6 Å². The van der Waals surface area contributed by atoms with Crippen LogP contribution in [0.3, 0.4) is 0 Å². The van der Waals surface area contributed by atoms with E-state index in [9.17, 15) is 17.6 Å². The third kappa shape index (κ3) is 1.83. The molecule has 0 atom stereocenters. The second-order valence-corrected chi connectivity index (χ2v) is 4.10. The average molecular weight is 272 g/mol. The molecule has 8 heteroatoms. The van der Waals surface area contributed by atoms with Crippen LogP contribution >= 0.6 is 0 Å². The number of fused-ring (bicyclic) bond motifs is 1. The van der Waals surface area contributed by atoms with Gasteiger partial charge in [0.2, 0.25) is 0 Å². The van der Waals surface area contributed by atoms with Gasteiger partial charge < -0.3 is 5.32 Å². The van der Waals surface area contributed by atoms with Gasteiger partial charge >= 0.3 is 6.18 Å². The molecule has 2 aromatic rings. The molecule has 0 aliphatic carbocycles. The Kier molecular flexibility index (Phi) is 2.48. The Labute approximate surface area is 105 Å². The highest BCUT2D eigenvalue weighted by Gasteiger charge is 2.38. The molecule has 1 aliphatic rings. The van der Waals surface area contributed by atoms with Gasteiger partial charge in [-0.3, -0.25) is 0 Å². The lowest BCUT2D eigenvalue weighted by atomic mass is 10.0. The Hall–Kier alpha value is -2.12. The minimum absolute atomic E-state index is 0.0975. The molecule has 1 aliphatic heterocycles. The van der Waals surface area contributed by atoms with Crippen LogP contribution in [-0.4, -0.2) is 21.5 Å². The third-order valence-corrected chi connectivity index (χ3v) is 2.95. The van der Waals surface area contributed by atoms with E-state index < -0.39 is 17.6 Å². The van der Waals surface area contributed by atoms with Gasteiger partial charge in [0, 0.05) is 12.1 Å². The molecule has 0 spiro atoms. The summed E-state index contributed by atoms with van der Waals surface area (Å²) in [6, 6.07) is 0.482. The lowest BCUT2D eigenvalue weighted by molar-refractivity contribution is -0.137. The van der Waals surface area contributed by atoms with Gasteiger partial charge in [0.15, 0.2) is 0 Å². The number of hydrogen-bond donors (Lipinski definition) is 1. The number of nitrogens with zero attached hydrogens (tertiary/aromatic N) is 3. The number of alkyl halides is 3. The Morgan fingerprint density at radius 3 is 2.53 bits per heavy atom. The molecule has 0 amide bonds. The number of hydrogen-bond acceptors (Lipinski definition) is 3. The van der Waals surface area contributed by atoms with Crippen LogP contribution in [-0.2, 0) is 12.6 Å². The highest BCUT2D eigenvalue weighted by molar-refractivity contribution is 5.67. The molecule has 0 bridgehead atoms. The van der Waals surface area contributed by atoms with Crippen LogP contribution in [0.25, 0.3) is 5.69 Å². The molecule has 0 unspecified atom stereocenters. The summed E-state index contributed by atoms with van der Waals surface area (Å²) < 4.78 is 52.8. The first-order valence-corrected chi connectivity index (χ1v) is 5.51. The number of aromatic nitrogens is 3. The molecule has 4 nitrogen and oxygen atoms in total. The van der Waals surface area contributed by atoms with E-state index in [1.54, 1.807) is 0 Å². The van der Waals surface area contributed by atoms with Crippen molar-refractivity contribution in [2.75, 3.05) is 11.9 Å². The SMILES string of the molecule is Fc1cc(C(F)(F)F)c(-n2nccn2)c2c1NCC2. The van der Waals surface area contributed by atoms with Gasteiger partial charge in [0.25, 0.3) is 0 Å². The normalized spacial score (nSPS) is 14.3. The van der Waals surface area contributed by atoms with Gasteiger partial charge in [0.05, 0.1) is 23.6 Å². The standard InChI is InChI=1S/C11H8F4N4/c12-8-5-7(11(13,14)15)10(19-17-3-4-18-19)6-1-2-16-9(6)8/h3-5,16H,1-2H2. The van der Waals surface area contributed by atoms with E-state index in [2.05, 4.69) is 15.5 Å². The predicted molar refractivity (Wildman–Crippen MR) is 58.5 cm³/mol. The van der Waals surface area contributed by atoms with Crippen LogP contribution < -0.4 is 5.32 Å². The smallest absolute Gasteiger partial charge is 0.382 e. The summed E-state index contributed by atoms with van der Waals surface area (Å²) in [5.74, 6) is -0.907. The van der Waals surface area contributed by atoms with Crippen LogP contribution in [0.2, 0.25) is 0 Å². The van der Waals surface area contributed by atoms with Crippen LogP contribution in [0.1, 0.15) is 11.1 Å². The second kappa shape index (κ2) is 3.94. The average Bonchev–Trinajstić information content (AvgIpc) is 2.98. The van der Waals surface area contributed by atoms with E-state index in [1.165, 1.54) is 12.4 Å². The van der Waals surface area contributed by atoms with Gasteiger partial charge in [0.1, 0.15) is 11.5 Å². The second-order valence-electron chi connectivity index (χ2n) is 4.10. The van der Waals surface area contributed by atoms with Crippen molar-refractivity contribution in [2.24, 2.45) is 0 Å². The molecule has 1 aromatic heterocycles. The zero-order chi connectivity index (χ0) is 13.6. The fraction of sp³-hybridized carbons (Fsp3) is 0.273. The van der Waals surface area contributed by atoms with Crippen LogP contribution in [0.4, 0.5) is 23.2 Å². The maximum absolute atomic E-state index is 13.7. The van der Waals surface area contributed by atoms with Crippen molar-refractivity contribution in [3.63, 3.8) is 0 Å². The number of halogens is 4. The first kappa shape index (κ1) is 11.9. The number of rotatable bonds is 1. The summed E-state index contributed by atoms with van der Waals surface area (Å²) in [6.07, 6.45) is -1.81. The Morgan fingerprint density at radius 1 is 1.21 bits per heavy atom. The highest BCUT2D eigenvalue weighted by atomic mass is 19.4. The lowest BCUT2D eigenvalue weighted by Crippen LogP contribution is -2.15. The molecule has 1 N–H and O–H groups in total.